The lowest BCUT2D eigenvalue weighted by Crippen LogP contribution is -1.92. The summed E-state index contributed by atoms with van der Waals surface area (Å²) in [5, 5.41) is 8.17. The van der Waals surface area contributed by atoms with Crippen LogP contribution in [0, 0.1) is 0 Å². The lowest BCUT2D eigenvalue weighted by atomic mass is 10.2. The van der Waals surface area contributed by atoms with Gasteiger partial charge in [0.15, 0.2) is 0 Å². The maximum Gasteiger partial charge on any atom is 0.247 e. The molecule has 0 spiro atoms. The largest absolute Gasteiger partial charge is 0.497 e. The van der Waals surface area contributed by atoms with Crippen LogP contribution >= 0.6 is 23.5 Å². The number of methoxy groups -OCH3 is 1. The summed E-state index contributed by atoms with van der Waals surface area (Å²) in [5.41, 5.74) is 0.890. The molecule has 0 fully saturated rings. The summed E-state index contributed by atoms with van der Waals surface area (Å²) in [6, 6.07) is 7.97. The number of hydrogen-bond acceptors (Lipinski definition) is 7. The van der Waals surface area contributed by atoms with Crippen molar-refractivity contribution in [2.45, 2.75) is 18.7 Å². The zero-order valence-corrected chi connectivity index (χ0v) is 13.4. The quantitative estimate of drug-likeness (QED) is 0.859. The van der Waals surface area contributed by atoms with E-state index in [4.69, 9.17) is 9.15 Å². The highest BCUT2D eigenvalue weighted by Gasteiger charge is 2.16. The van der Waals surface area contributed by atoms with Crippen LogP contribution in [0.15, 0.2) is 33.7 Å². The van der Waals surface area contributed by atoms with E-state index in [-0.39, 0.29) is 0 Å². The van der Waals surface area contributed by atoms with Crippen molar-refractivity contribution >= 4 is 27.9 Å². The molecule has 1 aromatic heterocycles. The molecule has 2 aromatic rings. The molecule has 110 valence electrons. The van der Waals surface area contributed by atoms with Crippen molar-refractivity contribution in [3.8, 4) is 17.2 Å². The summed E-state index contributed by atoms with van der Waals surface area (Å²) in [7, 11) is 1.64. The van der Waals surface area contributed by atoms with Gasteiger partial charge in [-0.1, -0.05) is 23.5 Å². The molecule has 2 heterocycles. The maximum atomic E-state index is 5.68. The van der Waals surface area contributed by atoms with E-state index in [1.54, 1.807) is 30.6 Å². The zero-order valence-electron chi connectivity index (χ0n) is 11.8. The van der Waals surface area contributed by atoms with E-state index < -0.39 is 0 Å². The van der Waals surface area contributed by atoms with Crippen LogP contribution in [-0.2, 0) is 5.75 Å². The third-order valence-corrected chi connectivity index (χ3v) is 5.35. The minimum atomic E-state index is 0.412. The molecule has 1 aliphatic heterocycles. The van der Waals surface area contributed by atoms with Crippen LogP contribution in [-0.4, -0.2) is 33.5 Å². The lowest BCUT2D eigenvalue weighted by molar-refractivity contribution is 0.415. The van der Waals surface area contributed by atoms with Crippen molar-refractivity contribution in [3.05, 3.63) is 30.2 Å². The Bertz CT molecular complexity index is 640. The predicted octanol–water partition coefficient (Wildman–Crippen LogP) is 3.47. The molecule has 0 unspecified atom stereocenters. The van der Waals surface area contributed by atoms with Gasteiger partial charge in [-0.05, 0) is 31.2 Å². The first-order chi connectivity index (χ1) is 10.2. The lowest BCUT2D eigenvalue weighted by Gasteiger charge is -1.99. The fraction of sp³-hybridized carbons (Fsp3) is 0.357. The van der Waals surface area contributed by atoms with Crippen LogP contribution in [0.5, 0.6) is 5.75 Å². The predicted molar refractivity (Wildman–Crippen MR) is 86.9 cm³/mol. The molecule has 0 saturated heterocycles. The minimum Gasteiger partial charge on any atom is -0.497 e. The number of ether oxygens (including phenoxy) is 1. The third kappa shape index (κ3) is 3.59. The van der Waals surface area contributed by atoms with Crippen LogP contribution in [0.25, 0.3) is 11.5 Å². The Morgan fingerprint density at radius 2 is 2.14 bits per heavy atom. The second kappa shape index (κ2) is 6.53. The van der Waals surface area contributed by atoms with E-state index in [0.717, 1.165) is 21.4 Å². The first-order valence-corrected chi connectivity index (χ1v) is 8.52. The summed E-state index contributed by atoms with van der Waals surface area (Å²) in [6.07, 6.45) is 0. The SMILES string of the molecule is COc1ccc(-c2nnc(CSC3=N[C@@H](C)CS3)o2)cc1. The molecule has 0 aliphatic carbocycles. The standard InChI is InChI=1S/C14H15N3O2S2/c1-9-7-20-14(15-9)21-8-12-16-17-13(19-12)10-3-5-11(18-2)6-4-10/h3-6,9H,7-8H2,1-2H3/t9-/m0/s1. The van der Waals surface area contributed by atoms with Crippen molar-refractivity contribution in [1.82, 2.24) is 10.2 Å². The summed E-state index contributed by atoms with van der Waals surface area (Å²) in [5.74, 6) is 3.67. The average Bonchev–Trinajstić information content (AvgIpc) is 3.14. The van der Waals surface area contributed by atoms with E-state index in [1.165, 1.54) is 0 Å². The van der Waals surface area contributed by atoms with Crippen LogP contribution in [0.2, 0.25) is 0 Å². The van der Waals surface area contributed by atoms with E-state index in [2.05, 4.69) is 22.1 Å². The first kappa shape index (κ1) is 14.5. The minimum absolute atomic E-state index is 0.412. The number of aromatic nitrogens is 2. The van der Waals surface area contributed by atoms with Gasteiger partial charge in [0.1, 0.15) is 10.1 Å². The highest BCUT2D eigenvalue weighted by Crippen LogP contribution is 2.29. The molecule has 1 atom stereocenters. The second-order valence-electron chi connectivity index (χ2n) is 4.57. The van der Waals surface area contributed by atoms with Crippen LogP contribution < -0.4 is 4.74 Å². The van der Waals surface area contributed by atoms with Gasteiger partial charge < -0.3 is 9.15 Å². The molecule has 1 aliphatic rings. The zero-order chi connectivity index (χ0) is 14.7. The van der Waals surface area contributed by atoms with E-state index in [1.807, 2.05) is 24.3 Å². The Hall–Kier alpha value is -1.47. The number of rotatable bonds is 4. The number of hydrogen-bond donors (Lipinski definition) is 0. The fourth-order valence-electron chi connectivity index (χ4n) is 1.81. The smallest absolute Gasteiger partial charge is 0.247 e. The molecular weight excluding hydrogens is 306 g/mol. The number of benzene rings is 1. The molecule has 0 saturated carbocycles. The fourth-order valence-corrected chi connectivity index (χ4v) is 3.86. The van der Waals surface area contributed by atoms with E-state index >= 15 is 0 Å². The molecule has 3 rings (SSSR count). The Morgan fingerprint density at radius 1 is 1.33 bits per heavy atom. The van der Waals surface area contributed by atoms with Gasteiger partial charge in [-0.15, -0.1) is 10.2 Å². The van der Waals surface area contributed by atoms with Crippen molar-refractivity contribution in [2.75, 3.05) is 12.9 Å². The Balaban J connectivity index is 1.64. The first-order valence-electron chi connectivity index (χ1n) is 6.55. The van der Waals surface area contributed by atoms with Gasteiger partial charge in [0.05, 0.1) is 18.9 Å². The molecule has 5 nitrogen and oxygen atoms in total. The van der Waals surface area contributed by atoms with Gasteiger partial charge in [0.2, 0.25) is 11.8 Å². The molecule has 7 heteroatoms. The Labute approximate surface area is 131 Å². The van der Waals surface area contributed by atoms with Crippen LogP contribution in [0.1, 0.15) is 12.8 Å². The summed E-state index contributed by atoms with van der Waals surface area (Å²) < 4.78 is 11.9. The van der Waals surface area contributed by atoms with E-state index in [9.17, 15) is 0 Å². The van der Waals surface area contributed by atoms with Gasteiger partial charge in [-0.2, -0.15) is 0 Å². The normalized spacial score (nSPS) is 17.8. The number of thioether (sulfide) groups is 2. The van der Waals surface area contributed by atoms with Gasteiger partial charge in [-0.25, -0.2) is 0 Å². The summed E-state index contributed by atoms with van der Waals surface area (Å²) in [6.45, 7) is 2.12. The van der Waals surface area contributed by atoms with Crippen molar-refractivity contribution in [2.24, 2.45) is 4.99 Å². The van der Waals surface area contributed by atoms with Crippen molar-refractivity contribution in [1.29, 1.82) is 0 Å². The van der Waals surface area contributed by atoms with Crippen molar-refractivity contribution in [3.63, 3.8) is 0 Å². The monoisotopic (exact) mass is 321 g/mol. The molecule has 0 radical (unpaired) electrons. The molecule has 0 amide bonds. The highest BCUT2D eigenvalue weighted by molar-refractivity contribution is 8.38. The number of aliphatic imine (C=N–C) groups is 1. The third-order valence-electron chi connectivity index (χ3n) is 2.90. The number of nitrogens with zero attached hydrogens (tertiary/aromatic N) is 3. The molecular formula is C14H15N3O2S2. The maximum absolute atomic E-state index is 5.68. The van der Waals surface area contributed by atoms with Crippen molar-refractivity contribution < 1.29 is 9.15 Å². The molecule has 0 N–H and O–H groups in total. The molecule has 0 bridgehead atoms. The van der Waals surface area contributed by atoms with Gasteiger partial charge in [0.25, 0.3) is 0 Å². The molecule has 21 heavy (non-hydrogen) atoms. The summed E-state index contributed by atoms with van der Waals surface area (Å²) >= 11 is 3.44. The highest BCUT2D eigenvalue weighted by atomic mass is 32.2. The van der Waals surface area contributed by atoms with Gasteiger partial charge in [0, 0.05) is 11.3 Å². The van der Waals surface area contributed by atoms with E-state index in [0.29, 0.717) is 23.6 Å². The molecule has 1 aromatic carbocycles. The van der Waals surface area contributed by atoms with Gasteiger partial charge in [-0.3, -0.25) is 4.99 Å². The average molecular weight is 321 g/mol. The topological polar surface area (TPSA) is 60.5 Å². The van der Waals surface area contributed by atoms with Crippen LogP contribution in [0.4, 0.5) is 0 Å². The summed E-state index contributed by atoms with van der Waals surface area (Å²) in [4.78, 5) is 4.53. The second-order valence-corrected chi connectivity index (χ2v) is 6.80. The Kier molecular flexibility index (Phi) is 4.50. The van der Waals surface area contributed by atoms with Crippen LogP contribution in [0.3, 0.4) is 0 Å². The van der Waals surface area contributed by atoms with Gasteiger partial charge >= 0.3 is 0 Å². The Morgan fingerprint density at radius 3 is 2.81 bits per heavy atom.